The average molecular weight is 382 g/mol. The van der Waals surface area contributed by atoms with Crippen LogP contribution in [0.25, 0.3) is 0 Å². The first-order valence-electron chi connectivity index (χ1n) is 7.39. The Balaban J connectivity index is 2.13. The van der Waals surface area contributed by atoms with Crippen molar-refractivity contribution in [2.75, 3.05) is 0 Å². The SMILES string of the molecule is O=C(N[C@@H](Cc1ccccc1)C(=O)[O-])c1ccc(S(=O)(=O)C(F)F)cc1. The predicted octanol–water partition coefficient (Wildman–Crippen LogP) is 0.774. The van der Waals surface area contributed by atoms with E-state index in [0.717, 1.165) is 24.3 Å². The Labute approximate surface area is 148 Å². The lowest BCUT2D eigenvalue weighted by Crippen LogP contribution is -2.49. The van der Waals surface area contributed by atoms with Gasteiger partial charge in [-0.15, -0.1) is 0 Å². The minimum Gasteiger partial charge on any atom is -0.548 e. The van der Waals surface area contributed by atoms with Gasteiger partial charge in [-0.05, 0) is 36.2 Å². The maximum absolute atomic E-state index is 12.5. The molecule has 2 rings (SSSR count). The van der Waals surface area contributed by atoms with Crippen LogP contribution in [0, 0.1) is 0 Å². The van der Waals surface area contributed by atoms with Crippen molar-refractivity contribution in [1.82, 2.24) is 5.32 Å². The fraction of sp³-hybridized carbons (Fsp3) is 0.176. The van der Waals surface area contributed by atoms with E-state index in [9.17, 15) is 31.9 Å². The Kier molecular flexibility index (Phi) is 6.04. The molecule has 0 aliphatic rings. The van der Waals surface area contributed by atoms with Crippen LogP contribution in [0.2, 0.25) is 0 Å². The standard InChI is InChI=1S/C17H15F2NO5S/c18-17(19)26(24,25)13-8-6-12(7-9-13)15(21)20-14(16(22)23)10-11-4-2-1-3-5-11/h1-9,14,17H,10H2,(H,20,21)(H,22,23)/p-1/t14-/m0/s1. The number of alkyl halides is 2. The van der Waals surface area contributed by atoms with Gasteiger partial charge < -0.3 is 15.2 Å². The largest absolute Gasteiger partial charge is 0.548 e. The minimum absolute atomic E-state index is 0.00718. The first-order chi connectivity index (χ1) is 12.2. The maximum Gasteiger partial charge on any atom is 0.341 e. The summed E-state index contributed by atoms with van der Waals surface area (Å²) in [5.74, 6) is -5.86. The Morgan fingerprint density at radius 1 is 1.00 bits per heavy atom. The van der Waals surface area contributed by atoms with Gasteiger partial charge in [0.15, 0.2) is 0 Å². The second-order valence-corrected chi connectivity index (χ2v) is 7.28. The fourth-order valence-electron chi connectivity index (χ4n) is 2.18. The molecule has 0 heterocycles. The Morgan fingerprint density at radius 2 is 1.58 bits per heavy atom. The lowest BCUT2D eigenvalue weighted by atomic mass is 10.1. The molecule has 2 aromatic rings. The summed E-state index contributed by atoms with van der Waals surface area (Å²) in [5.41, 5.74) is 0.595. The molecule has 0 spiro atoms. The molecular weight excluding hydrogens is 368 g/mol. The first kappa shape index (κ1) is 19.5. The number of carboxylic acid groups (broad SMARTS) is 1. The highest BCUT2D eigenvalue weighted by molar-refractivity contribution is 7.91. The van der Waals surface area contributed by atoms with Crippen molar-refractivity contribution >= 4 is 21.7 Å². The van der Waals surface area contributed by atoms with Gasteiger partial charge in [0.2, 0.25) is 9.84 Å². The van der Waals surface area contributed by atoms with Gasteiger partial charge in [0.05, 0.1) is 16.9 Å². The van der Waals surface area contributed by atoms with Gasteiger partial charge in [0, 0.05) is 5.56 Å². The van der Waals surface area contributed by atoms with E-state index in [1.807, 2.05) is 0 Å². The van der Waals surface area contributed by atoms with Crippen LogP contribution >= 0.6 is 0 Å². The lowest BCUT2D eigenvalue weighted by Gasteiger charge is -2.20. The van der Waals surface area contributed by atoms with E-state index < -0.39 is 38.4 Å². The van der Waals surface area contributed by atoms with Crippen LogP contribution in [0.4, 0.5) is 8.78 Å². The summed E-state index contributed by atoms with van der Waals surface area (Å²) in [7, 11) is -4.77. The Bertz CT molecular complexity index is 883. The van der Waals surface area contributed by atoms with Gasteiger partial charge in [-0.1, -0.05) is 30.3 Å². The molecule has 0 aliphatic carbocycles. The smallest absolute Gasteiger partial charge is 0.341 e. The number of carbonyl (C=O) groups excluding carboxylic acids is 2. The monoisotopic (exact) mass is 382 g/mol. The highest BCUT2D eigenvalue weighted by atomic mass is 32.2. The van der Waals surface area contributed by atoms with Crippen molar-refractivity contribution in [1.29, 1.82) is 0 Å². The number of carbonyl (C=O) groups is 2. The first-order valence-corrected chi connectivity index (χ1v) is 8.94. The normalized spacial score (nSPS) is 12.6. The molecule has 26 heavy (non-hydrogen) atoms. The van der Waals surface area contributed by atoms with Crippen molar-refractivity contribution in [3.05, 3.63) is 65.7 Å². The molecule has 0 saturated carbocycles. The summed E-state index contributed by atoms with van der Waals surface area (Å²) < 4.78 is 47.7. The van der Waals surface area contributed by atoms with Crippen LogP contribution in [0.3, 0.4) is 0 Å². The third kappa shape index (κ3) is 4.63. The van der Waals surface area contributed by atoms with E-state index in [1.165, 1.54) is 0 Å². The van der Waals surface area contributed by atoms with Gasteiger partial charge >= 0.3 is 5.76 Å². The Morgan fingerprint density at radius 3 is 2.08 bits per heavy atom. The van der Waals surface area contributed by atoms with E-state index in [0.29, 0.717) is 5.56 Å². The van der Waals surface area contributed by atoms with Crippen molar-refractivity contribution < 1.29 is 31.9 Å². The number of carboxylic acids is 1. The van der Waals surface area contributed by atoms with Gasteiger partial charge in [0.25, 0.3) is 5.91 Å². The van der Waals surface area contributed by atoms with E-state index in [2.05, 4.69) is 5.32 Å². The highest BCUT2D eigenvalue weighted by Gasteiger charge is 2.26. The molecule has 138 valence electrons. The highest BCUT2D eigenvalue weighted by Crippen LogP contribution is 2.18. The predicted molar refractivity (Wildman–Crippen MR) is 86.0 cm³/mol. The number of amides is 1. The fourth-order valence-corrected chi connectivity index (χ4v) is 2.90. The van der Waals surface area contributed by atoms with Gasteiger partial charge in [0.1, 0.15) is 0 Å². The number of hydrogen-bond acceptors (Lipinski definition) is 5. The average Bonchev–Trinajstić information content (AvgIpc) is 2.61. The number of aliphatic carboxylic acids is 1. The summed E-state index contributed by atoms with van der Waals surface area (Å²) in [6.07, 6.45) is -0.00718. The number of halogens is 2. The second-order valence-electron chi connectivity index (χ2n) is 5.36. The van der Waals surface area contributed by atoms with Gasteiger partial charge in [-0.3, -0.25) is 4.79 Å². The zero-order valence-corrected chi connectivity index (χ0v) is 14.1. The summed E-state index contributed by atoms with van der Waals surface area (Å²) in [6, 6.07) is 11.0. The third-order valence-electron chi connectivity index (χ3n) is 3.55. The molecule has 1 N–H and O–H groups in total. The zero-order chi connectivity index (χ0) is 19.3. The minimum atomic E-state index is -4.77. The van der Waals surface area contributed by atoms with Crippen LogP contribution < -0.4 is 10.4 Å². The van der Waals surface area contributed by atoms with E-state index in [-0.39, 0.29) is 12.0 Å². The summed E-state index contributed by atoms with van der Waals surface area (Å²) in [4.78, 5) is 22.8. The number of benzene rings is 2. The van der Waals surface area contributed by atoms with E-state index in [4.69, 9.17) is 0 Å². The quantitative estimate of drug-likeness (QED) is 0.762. The molecule has 9 heteroatoms. The number of nitrogens with one attached hydrogen (secondary N) is 1. The van der Waals surface area contributed by atoms with Gasteiger partial charge in [-0.25, -0.2) is 8.42 Å². The van der Waals surface area contributed by atoms with E-state index in [1.54, 1.807) is 30.3 Å². The molecule has 0 saturated heterocycles. The van der Waals surface area contributed by atoms with Crippen molar-refractivity contribution in [2.45, 2.75) is 23.1 Å². The maximum atomic E-state index is 12.5. The lowest BCUT2D eigenvalue weighted by molar-refractivity contribution is -0.308. The van der Waals surface area contributed by atoms with Crippen LogP contribution in [0.1, 0.15) is 15.9 Å². The van der Waals surface area contributed by atoms with Crippen LogP contribution in [-0.4, -0.2) is 32.1 Å². The second kappa shape index (κ2) is 8.05. The molecule has 1 atom stereocenters. The van der Waals surface area contributed by atoms with Crippen LogP contribution in [0.15, 0.2) is 59.5 Å². The zero-order valence-electron chi connectivity index (χ0n) is 13.3. The molecule has 6 nitrogen and oxygen atoms in total. The third-order valence-corrected chi connectivity index (χ3v) is 4.95. The molecule has 0 bridgehead atoms. The van der Waals surface area contributed by atoms with Crippen molar-refractivity contribution in [3.8, 4) is 0 Å². The molecule has 0 radical (unpaired) electrons. The number of hydrogen-bond donors (Lipinski definition) is 1. The molecule has 0 unspecified atom stereocenters. The summed E-state index contributed by atoms with van der Waals surface area (Å²) in [6.45, 7) is 0. The van der Waals surface area contributed by atoms with Crippen molar-refractivity contribution in [3.63, 3.8) is 0 Å². The van der Waals surface area contributed by atoms with Gasteiger partial charge in [-0.2, -0.15) is 8.78 Å². The van der Waals surface area contributed by atoms with Crippen molar-refractivity contribution in [2.24, 2.45) is 0 Å². The number of sulfone groups is 1. The molecule has 0 fully saturated rings. The Hall–Kier alpha value is -2.81. The molecule has 0 aliphatic heterocycles. The van der Waals surface area contributed by atoms with Crippen LogP contribution in [-0.2, 0) is 21.1 Å². The van der Waals surface area contributed by atoms with Crippen LogP contribution in [0.5, 0.6) is 0 Å². The molecule has 2 aromatic carbocycles. The molecule has 1 amide bonds. The van der Waals surface area contributed by atoms with E-state index >= 15 is 0 Å². The summed E-state index contributed by atoms with van der Waals surface area (Å²) in [5, 5.41) is 13.5. The topological polar surface area (TPSA) is 103 Å². The molecular formula is C17H14F2NO5S-. The summed E-state index contributed by atoms with van der Waals surface area (Å²) >= 11 is 0. The molecule has 0 aromatic heterocycles. The number of rotatable bonds is 7.